The van der Waals surface area contributed by atoms with Crippen LogP contribution in [0.3, 0.4) is 0 Å². The molecular formula is C14H17NO2. The molecule has 0 saturated heterocycles. The van der Waals surface area contributed by atoms with Gasteiger partial charge in [0.2, 0.25) is 0 Å². The average molecular weight is 231 g/mol. The van der Waals surface area contributed by atoms with Gasteiger partial charge in [0.1, 0.15) is 6.61 Å². The zero-order valence-corrected chi connectivity index (χ0v) is 10.3. The number of nitrogens with zero attached hydrogens (tertiary/aromatic N) is 1. The lowest BCUT2D eigenvalue weighted by Crippen LogP contribution is -2.08. The van der Waals surface area contributed by atoms with Crippen molar-refractivity contribution >= 4 is 5.97 Å². The van der Waals surface area contributed by atoms with Crippen molar-refractivity contribution in [2.45, 2.75) is 33.3 Å². The maximum atomic E-state index is 11.3. The summed E-state index contributed by atoms with van der Waals surface area (Å²) in [4.78, 5) is 11.3. The fraction of sp³-hybridized carbons (Fsp3) is 0.429. The number of esters is 1. The predicted octanol–water partition coefficient (Wildman–Crippen LogP) is 2.84. The second-order valence-electron chi connectivity index (χ2n) is 4.07. The molecule has 1 atom stereocenters. The van der Waals surface area contributed by atoms with Crippen LogP contribution in [0.4, 0.5) is 0 Å². The normalized spacial score (nSPS) is 11.6. The maximum absolute atomic E-state index is 11.3. The highest BCUT2D eigenvalue weighted by Crippen LogP contribution is 2.08. The fourth-order valence-electron chi connectivity index (χ4n) is 1.39. The Morgan fingerprint density at radius 3 is 2.47 bits per heavy atom. The van der Waals surface area contributed by atoms with Crippen LogP contribution in [0, 0.1) is 17.2 Å². The van der Waals surface area contributed by atoms with E-state index in [1.54, 1.807) is 6.92 Å². The number of carbonyl (C=O) groups is 1. The van der Waals surface area contributed by atoms with Crippen LogP contribution in [-0.2, 0) is 22.6 Å². The van der Waals surface area contributed by atoms with E-state index in [4.69, 9.17) is 10.00 Å². The topological polar surface area (TPSA) is 50.1 Å². The molecule has 0 amide bonds. The number of rotatable bonds is 5. The van der Waals surface area contributed by atoms with Crippen LogP contribution in [-0.4, -0.2) is 5.97 Å². The van der Waals surface area contributed by atoms with Crippen LogP contribution in [0.15, 0.2) is 24.3 Å². The molecule has 0 heterocycles. The van der Waals surface area contributed by atoms with Gasteiger partial charge in [-0.25, -0.2) is 0 Å². The maximum Gasteiger partial charge on any atom is 0.307 e. The summed E-state index contributed by atoms with van der Waals surface area (Å²) in [5, 5.41) is 8.57. The van der Waals surface area contributed by atoms with Gasteiger partial charge in [-0.2, -0.15) is 5.26 Å². The third kappa shape index (κ3) is 4.69. The molecule has 0 saturated carbocycles. The lowest BCUT2D eigenvalue weighted by molar-refractivity contribution is -0.145. The minimum Gasteiger partial charge on any atom is -0.461 e. The number of ether oxygens (including phenoxy) is 1. The first kappa shape index (κ1) is 13.2. The molecule has 90 valence electrons. The second-order valence-corrected chi connectivity index (χ2v) is 4.07. The summed E-state index contributed by atoms with van der Waals surface area (Å²) in [6.07, 6.45) is 1.16. The molecule has 0 aromatic heterocycles. The van der Waals surface area contributed by atoms with Crippen molar-refractivity contribution in [2.75, 3.05) is 0 Å². The molecular weight excluding hydrogens is 214 g/mol. The van der Waals surface area contributed by atoms with Crippen molar-refractivity contribution in [1.29, 1.82) is 5.26 Å². The van der Waals surface area contributed by atoms with Crippen molar-refractivity contribution in [3.63, 3.8) is 0 Å². The van der Waals surface area contributed by atoms with Crippen LogP contribution in [0.2, 0.25) is 0 Å². The molecule has 17 heavy (non-hydrogen) atoms. The van der Waals surface area contributed by atoms with Crippen LogP contribution in [0.5, 0.6) is 0 Å². The standard InChI is InChI=1S/C14H17NO2/c1-3-12-4-6-13(7-5-12)10-17-14(16)8-11(2)9-15/h4-7,11H,3,8,10H2,1-2H3. The van der Waals surface area contributed by atoms with E-state index in [0.717, 1.165) is 12.0 Å². The zero-order chi connectivity index (χ0) is 12.7. The monoisotopic (exact) mass is 231 g/mol. The molecule has 1 rings (SSSR count). The summed E-state index contributed by atoms with van der Waals surface area (Å²) in [5.74, 6) is -0.608. The number of nitriles is 1. The summed E-state index contributed by atoms with van der Waals surface area (Å²) >= 11 is 0. The van der Waals surface area contributed by atoms with Crippen LogP contribution < -0.4 is 0 Å². The van der Waals surface area contributed by atoms with Crippen LogP contribution in [0.1, 0.15) is 31.4 Å². The van der Waals surface area contributed by atoms with Crippen molar-refractivity contribution < 1.29 is 9.53 Å². The summed E-state index contributed by atoms with van der Waals surface area (Å²) in [5.41, 5.74) is 2.23. The first-order chi connectivity index (χ1) is 8.15. The highest BCUT2D eigenvalue weighted by atomic mass is 16.5. The van der Waals surface area contributed by atoms with Crippen molar-refractivity contribution in [3.05, 3.63) is 35.4 Å². The third-order valence-corrected chi connectivity index (χ3v) is 2.52. The van der Waals surface area contributed by atoms with Gasteiger partial charge in [0.05, 0.1) is 18.4 Å². The first-order valence-electron chi connectivity index (χ1n) is 5.78. The Morgan fingerprint density at radius 2 is 1.94 bits per heavy atom. The Balaban J connectivity index is 2.40. The van der Waals surface area contributed by atoms with Gasteiger partial charge in [-0.3, -0.25) is 4.79 Å². The molecule has 0 bridgehead atoms. The molecule has 0 radical (unpaired) electrons. The molecule has 1 aromatic rings. The molecule has 0 spiro atoms. The van der Waals surface area contributed by atoms with E-state index < -0.39 is 0 Å². The molecule has 0 aliphatic carbocycles. The molecule has 3 nitrogen and oxygen atoms in total. The predicted molar refractivity (Wildman–Crippen MR) is 65.0 cm³/mol. The molecule has 0 N–H and O–H groups in total. The summed E-state index contributed by atoms with van der Waals surface area (Å²) in [7, 11) is 0. The Hall–Kier alpha value is -1.82. The largest absolute Gasteiger partial charge is 0.461 e. The Bertz CT molecular complexity index is 403. The second kappa shape index (κ2) is 6.70. The Labute approximate surface area is 102 Å². The first-order valence-corrected chi connectivity index (χ1v) is 5.78. The number of carbonyl (C=O) groups excluding carboxylic acids is 1. The number of hydrogen-bond donors (Lipinski definition) is 0. The number of hydrogen-bond acceptors (Lipinski definition) is 3. The third-order valence-electron chi connectivity index (χ3n) is 2.52. The molecule has 1 aromatic carbocycles. The molecule has 0 fully saturated rings. The number of aryl methyl sites for hydroxylation is 1. The fourth-order valence-corrected chi connectivity index (χ4v) is 1.39. The van der Waals surface area contributed by atoms with Gasteiger partial charge in [0, 0.05) is 0 Å². The lowest BCUT2D eigenvalue weighted by Gasteiger charge is -2.06. The van der Waals surface area contributed by atoms with E-state index in [2.05, 4.69) is 6.92 Å². The Morgan fingerprint density at radius 1 is 1.35 bits per heavy atom. The smallest absolute Gasteiger partial charge is 0.307 e. The van der Waals surface area contributed by atoms with E-state index in [-0.39, 0.29) is 24.9 Å². The van der Waals surface area contributed by atoms with Crippen molar-refractivity contribution in [2.24, 2.45) is 5.92 Å². The highest BCUT2D eigenvalue weighted by Gasteiger charge is 2.09. The van der Waals surface area contributed by atoms with Gasteiger partial charge < -0.3 is 4.74 Å². The quantitative estimate of drug-likeness (QED) is 0.732. The Kier molecular flexibility index (Phi) is 5.22. The van der Waals surface area contributed by atoms with Gasteiger partial charge in [0.15, 0.2) is 0 Å². The van der Waals surface area contributed by atoms with Crippen LogP contribution in [0.25, 0.3) is 0 Å². The summed E-state index contributed by atoms with van der Waals surface area (Å²) < 4.78 is 5.08. The molecule has 3 heteroatoms. The number of benzene rings is 1. The zero-order valence-electron chi connectivity index (χ0n) is 10.3. The average Bonchev–Trinajstić information content (AvgIpc) is 2.36. The van der Waals surface area contributed by atoms with Gasteiger partial charge in [-0.05, 0) is 24.5 Å². The SMILES string of the molecule is CCc1ccc(COC(=O)CC(C)C#N)cc1. The van der Waals surface area contributed by atoms with E-state index >= 15 is 0 Å². The van der Waals surface area contributed by atoms with E-state index in [0.29, 0.717) is 0 Å². The van der Waals surface area contributed by atoms with Gasteiger partial charge in [0.25, 0.3) is 0 Å². The molecule has 0 aliphatic rings. The van der Waals surface area contributed by atoms with E-state index in [1.165, 1.54) is 5.56 Å². The minimum atomic E-state index is -0.321. The van der Waals surface area contributed by atoms with Crippen molar-refractivity contribution in [1.82, 2.24) is 0 Å². The minimum absolute atomic E-state index is 0.156. The van der Waals surface area contributed by atoms with Crippen LogP contribution >= 0.6 is 0 Å². The highest BCUT2D eigenvalue weighted by molar-refractivity contribution is 5.70. The summed E-state index contributed by atoms with van der Waals surface area (Å²) in [6.45, 7) is 4.08. The van der Waals surface area contributed by atoms with Gasteiger partial charge in [-0.1, -0.05) is 31.2 Å². The molecule has 1 unspecified atom stereocenters. The van der Waals surface area contributed by atoms with Gasteiger partial charge >= 0.3 is 5.97 Å². The summed E-state index contributed by atoms with van der Waals surface area (Å²) in [6, 6.07) is 9.98. The van der Waals surface area contributed by atoms with Gasteiger partial charge in [-0.15, -0.1) is 0 Å². The van der Waals surface area contributed by atoms with Crippen molar-refractivity contribution in [3.8, 4) is 6.07 Å². The lowest BCUT2D eigenvalue weighted by atomic mass is 10.1. The molecule has 0 aliphatic heterocycles. The van der Waals surface area contributed by atoms with E-state index in [9.17, 15) is 4.79 Å². The van der Waals surface area contributed by atoms with E-state index in [1.807, 2.05) is 30.3 Å².